The van der Waals surface area contributed by atoms with Gasteiger partial charge in [-0.05, 0) is 48.9 Å². The van der Waals surface area contributed by atoms with Crippen LogP contribution < -0.4 is 5.90 Å². The Morgan fingerprint density at radius 2 is 1.86 bits per heavy atom. The summed E-state index contributed by atoms with van der Waals surface area (Å²) in [5, 5.41) is 2.70. The van der Waals surface area contributed by atoms with Crippen molar-refractivity contribution in [1.29, 1.82) is 0 Å². The van der Waals surface area contributed by atoms with E-state index in [1.165, 1.54) is 40.2 Å². The Bertz CT molecular complexity index is 786. The van der Waals surface area contributed by atoms with Gasteiger partial charge in [-0.15, -0.1) is 0 Å². The highest BCUT2D eigenvalue weighted by Crippen LogP contribution is 2.36. The highest BCUT2D eigenvalue weighted by Gasteiger charge is 2.23. The number of aromatic nitrogens is 1. The summed E-state index contributed by atoms with van der Waals surface area (Å²) in [6, 6.07) is 15.5. The van der Waals surface area contributed by atoms with Crippen molar-refractivity contribution in [2.75, 3.05) is 6.61 Å². The minimum Gasteiger partial charge on any atom is -0.340 e. The van der Waals surface area contributed by atoms with Gasteiger partial charge in [-0.3, -0.25) is 0 Å². The van der Waals surface area contributed by atoms with Crippen LogP contribution in [0.3, 0.4) is 0 Å². The molecule has 0 radical (unpaired) electrons. The molecule has 1 heterocycles. The molecule has 1 fully saturated rings. The lowest BCUT2D eigenvalue weighted by Gasteiger charge is -2.06. The minimum absolute atomic E-state index is 0.562. The summed E-state index contributed by atoms with van der Waals surface area (Å²) in [5.74, 6) is 6.01. The predicted molar refractivity (Wildman–Crippen MR) is 86.0 cm³/mol. The summed E-state index contributed by atoms with van der Waals surface area (Å²) in [6.07, 6.45) is 3.61. The second-order valence-corrected chi connectivity index (χ2v) is 6.04. The van der Waals surface area contributed by atoms with Crippen LogP contribution >= 0.6 is 0 Å². The van der Waals surface area contributed by atoms with Crippen molar-refractivity contribution in [3.05, 3.63) is 48.0 Å². The number of fused-ring (bicyclic) bond motifs is 3. The van der Waals surface area contributed by atoms with Gasteiger partial charge in [0.15, 0.2) is 0 Å². The van der Waals surface area contributed by atoms with E-state index in [0.29, 0.717) is 6.61 Å². The maximum Gasteiger partial charge on any atom is 0.0719 e. The number of hydrogen-bond donors (Lipinski definition) is 1. The van der Waals surface area contributed by atoms with E-state index >= 15 is 0 Å². The Hall–Kier alpha value is -1.84. The van der Waals surface area contributed by atoms with E-state index in [-0.39, 0.29) is 0 Å². The Labute approximate surface area is 124 Å². The first kappa shape index (κ1) is 12.9. The van der Waals surface area contributed by atoms with E-state index in [1.54, 1.807) is 0 Å². The molecule has 1 aliphatic carbocycles. The molecule has 0 saturated heterocycles. The van der Waals surface area contributed by atoms with Crippen LogP contribution in [0.4, 0.5) is 0 Å². The third-order valence-electron chi connectivity index (χ3n) is 4.48. The average molecular weight is 280 g/mol. The Morgan fingerprint density at radius 3 is 2.67 bits per heavy atom. The molecule has 2 aromatic carbocycles. The van der Waals surface area contributed by atoms with Crippen LogP contribution in [-0.4, -0.2) is 11.2 Å². The Kier molecular flexibility index (Phi) is 3.17. The first-order valence-electron chi connectivity index (χ1n) is 7.68. The Morgan fingerprint density at radius 1 is 1.05 bits per heavy atom. The van der Waals surface area contributed by atoms with Gasteiger partial charge in [-0.2, -0.15) is 0 Å². The van der Waals surface area contributed by atoms with Crippen LogP contribution in [0.15, 0.2) is 42.5 Å². The first-order chi connectivity index (χ1) is 10.4. The lowest BCUT2D eigenvalue weighted by molar-refractivity contribution is 0.141. The molecule has 0 amide bonds. The summed E-state index contributed by atoms with van der Waals surface area (Å²) in [7, 11) is 0. The van der Waals surface area contributed by atoms with Gasteiger partial charge in [0.05, 0.1) is 6.61 Å². The maximum absolute atomic E-state index is 5.14. The normalized spacial score (nSPS) is 15.1. The van der Waals surface area contributed by atoms with Crippen molar-refractivity contribution >= 4 is 21.8 Å². The van der Waals surface area contributed by atoms with Crippen LogP contribution in [0.25, 0.3) is 21.8 Å². The summed E-state index contributed by atoms with van der Waals surface area (Å²) >= 11 is 0. The quantitative estimate of drug-likeness (QED) is 0.725. The van der Waals surface area contributed by atoms with Crippen LogP contribution in [-0.2, 0) is 17.8 Å². The molecular weight excluding hydrogens is 260 g/mol. The highest BCUT2D eigenvalue weighted by molar-refractivity contribution is 6.08. The lowest BCUT2D eigenvalue weighted by atomic mass is 10.1. The van der Waals surface area contributed by atoms with Gasteiger partial charge in [0.2, 0.25) is 0 Å². The van der Waals surface area contributed by atoms with E-state index in [4.69, 9.17) is 10.7 Å². The molecule has 0 spiro atoms. The molecule has 0 bridgehead atoms. The molecule has 4 rings (SSSR count). The van der Waals surface area contributed by atoms with Crippen molar-refractivity contribution in [3.8, 4) is 0 Å². The minimum atomic E-state index is 0.562. The molecule has 1 aromatic heterocycles. The highest BCUT2D eigenvalue weighted by atomic mass is 16.6. The van der Waals surface area contributed by atoms with Crippen LogP contribution in [0, 0.1) is 5.92 Å². The first-order valence-corrected chi connectivity index (χ1v) is 7.68. The van der Waals surface area contributed by atoms with E-state index in [0.717, 1.165) is 18.9 Å². The van der Waals surface area contributed by atoms with Crippen LogP contribution in [0.1, 0.15) is 18.4 Å². The number of hydrogen-bond acceptors (Lipinski definition) is 2. The zero-order valence-electron chi connectivity index (χ0n) is 12.1. The average Bonchev–Trinajstić information content (AvgIpc) is 3.29. The number of para-hydroxylation sites is 1. The number of benzene rings is 2. The van der Waals surface area contributed by atoms with Gasteiger partial charge in [0.1, 0.15) is 0 Å². The van der Waals surface area contributed by atoms with E-state index in [9.17, 15) is 0 Å². The zero-order valence-corrected chi connectivity index (χ0v) is 12.1. The lowest BCUT2D eigenvalue weighted by Crippen LogP contribution is -2.03. The summed E-state index contributed by atoms with van der Waals surface area (Å²) < 4.78 is 2.49. The van der Waals surface area contributed by atoms with Crippen LogP contribution in [0.5, 0.6) is 0 Å². The van der Waals surface area contributed by atoms with Gasteiger partial charge in [-0.25, -0.2) is 5.90 Å². The van der Waals surface area contributed by atoms with Crippen molar-refractivity contribution in [1.82, 2.24) is 4.57 Å². The van der Waals surface area contributed by atoms with Crippen molar-refractivity contribution in [2.24, 2.45) is 11.8 Å². The third kappa shape index (κ3) is 2.33. The molecule has 1 saturated carbocycles. The van der Waals surface area contributed by atoms with E-state index in [2.05, 4.69) is 47.0 Å². The largest absolute Gasteiger partial charge is 0.340 e. The van der Waals surface area contributed by atoms with Crippen LogP contribution in [0.2, 0.25) is 0 Å². The van der Waals surface area contributed by atoms with Gasteiger partial charge in [0.25, 0.3) is 0 Å². The standard InChI is InChI=1S/C18H20N2O/c19-21-10-9-13-7-8-18-16(11-13)15-3-1-2-4-17(15)20(18)12-14-5-6-14/h1-4,7-8,11,14H,5-6,9-10,12,19H2. The molecule has 2 N–H and O–H groups in total. The topological polar surface area (TPSA) is 40.2 Å². The number of nitrogens with two attached hydrogens (primary N) is 1. The van der Waals surface area contributed by atoms with E-state index in [1.807, 2.05) is 0 Å². The number of nitrogens with zero attached hydrogens (tertiary/aromatic N) is 1. The fraction of sp³-hybridized carbons (Fsp3) is 0.333. The summed E-state index contributed by atoms with van der Waals surface area (Å²) in [4.78, 5) is 4.71. The molecule has 0 atom stereocenters. The zero-order chi connectivity index (χ0) is 14.2. The second-order valence-electron chi connectivity index (χ2n) is 6.04. The molecule has 0 unspecified atom stereocenters. The van der Waals surface area contributed by atoms with Gasteiger partial charge in [-0.1, -0.05) is 24.3 Å². The molecule has 0 aliphatic heterocycles. The second kappa shape index (κ2) is 5.17. The number of rotatable bonds is 5. The summed E-state index contributed by atoms with van der Waals surface area (Å²) in [6.45, 7) is 1.71. The molecule has 1 aliphatic rings. The maximum atomic E-state index is 5.14. The molecule has 108 valence electrons. The fourth-order valence-electron chi connectivity index (χ4n) is 3.19. The van der Waals surface area contributed by atoms with Crippen molar-refractivity contribution in [2.45, 2.75) is 25.8 Å². The molecule has 21 heavy (non-hydrogen) atoms. The Balaban J connectivity index is 1.88. The monoisotopic (exact) mass is 280 g/mol. The van der Waals surface area contributed by atoms with Crippen molar-refractivity contribution < 1.29 is 4.84 Å². The molecule has 3 nitrogen and oxygen atoms in total. The van der Waals surface area contributed by atoms with Gasteiger partial charge >= 0.3 is 0 Å². The fourth-order valence-corrected chi connectivity index (χ4v) is 3.19. The SMILES string of the molecule is NOCCc1ccc2c(c1)c1ccccc1n2CC1CC1. The van der Waals surface area contributed by atoms with E-state index < -0.39 is 0 Å². The van der Waals surface area contributed by atoms with Gasteiger partial charge < -0.3 is 9.40 Å². The van der Waals surface area contributed by atoms with Gasteiger partial charge in [0, 0.05) is 28.4 Å². The molecule has 3 aromatic rings. The predicted octanol–water partition coefficient (Wildman–Crippen LogP) is 3.64. The molecule has 3 heteroatoms. The van der Waals surface area contributed by atoms with Crippen molar-refractivity contribution in [3.63, 3.8) is 0 Å². The summed E-state index contributed by atoms with van der Waals surface area (Å²) in [5.41, 5.74) is 3.98. The third-order valence-corrected chi connectivity index (χ3v) is 4.48. The molecular formula is C18H20N2O. The smallest absolute Gasteiger partial charge is 0.0719 e.